The van der Waals surface area contributed by atoms with Crippen molar-refractivity contribution in [1.82, 2.24) is 9.88 Å². The van der Waals surface area contributed by atoms with Gasteiger partial charge in [0.15, 0.2) is 6.23 Å². The third kappa shape index (κ3) is 3.76. The predicted molar refractivity (Wildman–Crippen MR) is 90.8 cm³/mol. The largest absolute Gasteiger partial charge is 0.394 e. The first-order chi connectivity index (χ1) is 12.2. The number of amides is 3. The van der Waals surface area contributed by atoms with Gasteiger partial charge in [-0.3, -0.25) is 10.1 Å². The van der Waals surface area contributed by atoms with Crippen LogP contribution >= 0.6 is 0 Å². The zero-order valence-electron chi connectivity index (χ0n) is 13.3. The number of hydrogen-bond donors (Lipinski definition) is 3. The van der Waals surface area contributed by atoms with Crippen LogP contribution in [-0.2, 0) is 9.53 Å². The number of urea groups is 1. The van der Waals surface area contributed by atoms with E-state index in [0.29, 0.717) is 23.5 Å². The summed E-state index contributed by atoms with van der Waals surface area (Å²) in [6, 6.07) is 11.4. The van der Waals surface area contributed by atoms with Crippen LogP contribution in [0.15, 0.2) is 48.7 Å². The molecule has 2 unspecified atom stereocenters. The standard InChI is InChI=1S/C17H18N4O4/c22-9-12-10-25-16(21(12)11-23)13-5-1-2-6-14(13)19-17(24)20-15-7-3-4-8-18-15/h1-8,11-12,16,22H,9-10H2,(H2,18,19,20,24). The third-order valence-corrected chi connectivity index (χ3v) is 3.85. The molecule has 0 spiro atoms. The summed E-state index contributed by atoms with van der Waals surface area (Å²) >= 11 is 0. The number of rotatable bonds is 5. The molecule has 3 rings (SSSR count). The second-order valence-electron chi connectivity index (χ2n) is 5.46. The van der Waals surface area contributed by atoms with Crippen molar-refractivity contribution in [3.63, 3.8) is 0 Å². The van der Waals surface area contributed by atoms with E-state index in [1.54, 1.807) is 48.7 Å². The number of carbonyl (C=O) groups excluding carboxylic acids is 2. The predicted octanol–water partition coefficient (Wildman–Crippen LogP) is 1.57. The lowest BCUT2D eigenvalue weighted by Gasteiger charge is -2.24. The average Bonchev–Trinajstić information content (AvgIpc) is 3.05. The van der Waals surface area contributed by atoms with Gasteiger partial charge in [0.25, 0.3) is 0 Å². The van der Waals surface area contributed by atoms with Gasteiger partial charge in [-0.05, 0) is 18.2 Å². The molecular weight excluding hydrogens is 324 g/mol. The molecule has 1 aliphatic heterocycles. The number of nitrogens with zero attached hydrogens (tertiary/aromatic N) is 2. The molecule has 3 amide bonds. The Kier molecular flexibility index (Phi) is 5.22. The van der Waals surface area contributed by atoms with E-state index in [0.717, 1.165) is 0 Å². The highest BCUT2D eigenvalue weighted by Gasteiger charge is 2.35. The Labute approximate surface area is 144 Å². The Balaban J connectivity index is 1.77. The van der Waals surface area contributed by atoms with Crippen molar-refractivity contribution in [2.75, 3.05) is 23.8 Å². The van der Waals surface area contributed by atoms with Gasteiger partial charge >= 0.3 is 6.03 Å². The van der Waals surface area contributed by atoms with Crippen LogP contribution in [-0.4, -0.2) is 46.7 Å². The molecule has 3 N–H and O–H groups in total. The molecule has 1 aliphatic rings. The molecular formula is C17H18N4O4. The number of aliphatic hydroxyl groups is 1. The molecule has 0 saturated carbocycles. The van der Waals surface area contributed by atoms with Crippen LogP contribution in [0.4, 0.5) is 16.3 Å². The lowest BCUT2D eigenvalue weighted by molar-refractivity contribution is -0.125. The Hall–Kier alpha value is -2.97. The van der Waals surface area contributed by atoms with Crippen LogP contribution in [0.2, 0.25) is 0 Å². The molecule has 130 valence electrons. The first-order valence-corrected chi connectivity index (χ1v) is 7.76. The fraction of sp³-hybridized carbons (Fsp3) is 0.235. The summed E-state index contributed by atoms with van der Waals surface area (Å²) in [6.45, 7) is 0.0410. The number of anilines is 2. The van der Waals surface area contributed by atoms with E-state index < -0.39 is 18.3 Å². The summed E-state index contributed by atoms with van der Waals surface area (Å²) in [5, 5.41) is 14.7. The van der Waals surface area contributed by atoms with E-state index in [9.17, 15) is 14.7 Å². The van der Waals surface area contributed by atoms with Crippen LogP contribution in [0, 0.1) is 0 Å². The van der Waals surface area contributed by atoms with Crippen molar-refractivity contribution in [2.24, 2.45) is 0 Å². The minimum absolute atomic E-state index is 0.189. The first kappa shape index (κ1) is 16.9. The number of hydrogen-bond acceptors (Lipinski definition) is 5. The Morgan fingerprint density at radius 2 is 2.08 bits per heavy atom. The van der Waals surface area contributed by atoms with Crippen LogP contribution in [0.5, 0.6) is 0 Å². The fourth-order valence-electron chi connectivity index (χ4n) is 2.64. The lowest BCUT2D eigenvalue weighted by Crippen LogP contribution is -2.34. The zero-order valence-corrected chi connectivity index (χ0v) is 13.3. The van der Waals surface area contributed by atoms with Crippen LogP contribution in [0.3, 0.4) is 0 Å². The van der Waals surface area contributed by atoms with Crippen molar-refractivity contribution in [3.05, 3.63) is 54.2 Å². The van der Waals surface area contributed by atoms with Crippen LogP contribution in [0.1, 0.15) is 11.8 Å². The van der Waals surface area contributed by atoms with Gasteiger partial charge < -0.3 is 20.1 Å². The summed E-state index contributed by atoms with van der Waals surface area (Å²) in [5.74, 6) is 0.421. The second kappa shape index (κ2) is 7.73. The van der Waals surface area contributed by atoms with E-state index >= 15 is 0 Å². The molecule has 8 heteroatoms. The fourth-order valence-corrected chi connectivity index (χ4v) is 2.64. The van der Waals surface area contributed by atoms with Gasteiger partial charge in [0.2, 0.25) is 6.41 Å². The number of benzene rings is 1. The smallest absolute Gasteiger partial charge is 0.324 e. The number of pyridine rings is 1. The molecule has 8 nitrogen and oxygen atoms in total. The van der Waals surface area contributed by atoms with Gasteiger partial charge in [0.05, 0.1) is 24.9 Å². The summed E-state index contributed by atoms with van der Waals surface area (Å²) < 4.78 is 5.64. The van der Waals surface area contributed by atoms with Gasteiger partial charge in [0.1, 0.15) is 5.82 Å². The quantitative estimate of drug-likeness (QED) is 0.716. The monoisotopic (exact) mass is 342 g/mol. The number of ether oxygens (including phenoxy) is 1. The topological polar surface area (TPSA) is 104 Å². The molecule has 0 bridgehead atoms. The number of carbonyl (C=O) groups is 2. The highest BCUT2D eigenvalue weighted by Crippen LogP contribution is 2.33. The summed E-state index contributed by atoms with van der Waals surface area (Å²) in [4.78, 5) is 29.0. The Morgan fingerprint density at radius 1 is 1.28 bits per heavy atom. The molecule has 2 atom stereocenters. The highest BCUT2D eigenvalue weighted by molar-refractivity contribution is 5.99. The summed E-state index contributed by atoms with van der Waals surface area (Å²) in [7, 11) is 0. The van der Waals surface area contributed by atoms with Crippen LogP contribution < -0.4 is 10.6 Å². The molecule has 0 radical (unpaired) electrons. The number of para-hydroxylation sites is 1. The first-order valence-electron chi connectivity index (χ1n) is 7.76. The van der Waals surface area contributed by atoms with Gasteiger partial charge in [0, 0.05) is 11.8 Å². The molecule has 1 fully saturated rings. The summed E-state index contributed by atoms with van der Waals surface area (Å²) in [6.07, 6.45) is 1.55. The van der Waals surface area contributed by atoms with E-state index in [-0.39, 0.29) is 13.2 Å². The number of aliphatic hydroxyl groups excluding tert-OH is 1. The van der Waals surface area contributed by atoms with Gasteiger partial charge in [-0.1, -0.05) is 24.3 Å². The number of nitrogens with one attached hydrogen (secondary N) is 2. The number of aromatic nitrogens is 1. The van der Waals surface area contributed by atoms with Gasteiger partial charge in [-0.2, -0.15) is 0 Å². The van der Waals surface area contributed by atoms with Crippen molar-refractivity contribution >= 4 is 23.9 Å². The van der Waals surface area contributed by atoms with Crippen LogP contribution in [0.25, 0.3) is 0 Å². The third-order valence-electron chi connectivity index (χ3n) is 3.85. The molecule has 2 aromatic rings. The molecule has 0 aliphatic carbocycles. The maximum atomic E-state index is 12.2. The minimum Gasteiger partial charge on any atom is -0.394 e. The Bertz CT molecular complexity index is 740. The second-order valence-corrected chi connectivity index (χ2v) is 5.46. The molecule has 1 aromatic heterocycles. The van der Waals surface area contributed by atoms with E-state index in [2.05, 4.69) is 15.6 Å². The molecule has 2 heterocycles. The highest BCUT2D eigenvalue weighted by atomic mass is 16.5. The van der Waals surface area contributed by atoms with Crippen molar-refractivity contribution < 1.29 is 19.4 Å². The minimum atomic E-state index is -0.666. The van der Waals surface area contributed by atoms with Gasteiger partial charge in [-0.15, -0.1) is 0 Å². The van der Waals surface area contributed by atoms with E-state index in [1.165, 1.54) is 4.90 Å². The zero-order chi connectivity index (χ0) is 17.6. The Morgan fingerprint density at radius 3 is 2.80 bits per heavy atom. The normalized spacial score (nSPS) is 19.5. The average molecular weight is 342 g/mol. The molecule has 1 aromatic carbocycles. The van der Waals surface area contributed by atoms with E-state index in [1.807, 2.05) is 0 Å². The maximum Gasteiger partial charge on any atom is 0.324 e. The van der Waals surface area contributed by atoms with Crippen molar-refractivity contribution in [2.45, 2.75) is 12.3 Å². The van der Waals surface area contributed by atoms with Gasteiger partial charge in [-0.25, -0.2) is 9.78 Å². The maximum absolute atomic E-state index is 12.2. The lowest BCUT2D eigenvalue weighted by atomic mass is 10.1. The molecule has 1 saturated heterocycles. The van der Waals surface area contributed by atoms with Crippen molar-refractivity contribution in [3.8, 4) is 0 Å². The summed E-state index contributed by atoms with van der Waals surface area (Å²) in [5.41, 5.74) is 1.13. The molecule has 25 heavy (non-hydrogen) atoms. The van der Waals surface area contributed by atoms with E-state index in [4.69, 9.17) is 4.74 Å². The SMILES string of the molecule is O=CN1C(CO)COC1c1ccccc1NC(=O)Nc1ccccn1. The van der Waals surface area contributed by atoms with Crippen molar-refractivity contribution in [1.29, 1.82) is 0 Å².